The standard InChI is InChI=1S/C17H25NO3/c1-17(2,3)15-12-18(10-9-16(19)20)11-14(21-15)13-7-5-4-6-8-13/h4-8,14-15H,9-12H2,1-3H3,(H,19,20)/t14-,15+/m0/s1. The molecule has 0 unspecified atom stereocenters. The van der Waals surface area contributed by atoms with Gasteiger partial charge in [0, 0.05) is 19.6 Å². The fraction of sp³-hybridized carbons (Fsp3) is 0.588. The van der Waals surface area contributed by atoms with Crippen molar-refractivity contribution in [3.8, 4) is 0 Å². The third-order valence-corrected chi connectivity index (χ3v) is 3.96. The zero-order valence-electron chi connectivity index (χ0n) is 13.1. The molecule has 1 N–H and O–H groups in total. The second kappa shape index (κ2) is 6.58. The van der Waals surface area contributed by atoms with Crippen LogP contribution in [0.4, 0.5) is 0 Å². The minimum absolute atomic E-state index is 0.0120. The lowest BCUT2D eigenvalue weighted by Crippen LogP contribution is -2.49. The normalized spacial score (nSPS) is 24.0. The Morgan fingerprint density at radius 2 is 1.95 bits per heavy atom. The molecule has 2 rings (SSSR count). The molecule has 2 atom stereocenters. The van der Waals surface area contributed by atoms with Crippen LogP contribution in [-0.4, -0.2) is 41.7 Å². The van der Waals surface area contributed by atoms with E-state index in [1.807, 2.05) is 18.2 Å². The number of carbonyl (C=O) groups is 1. The van der Waals surface area contributed by atoms with Crippen molar-refractivity contribution >= 4 is 5.97 Å². The minimum Gasteiger partial charge on any atom is -0.481 e. The summed E-state index contributed by atoms with van der Waals surface area (Å²) < 4.78 is 6.28. The highest BCUT2D eigenvalue weighted by molar-refractivity contribution is 5.66. The molecule has 1 aliphatic rings. The maximum Gasteiger partial charge on any atom is 0.304 e. The molecule has 0 amide bonds. The van der Waals surface area contributed by atoms with Gasteiger partial charge in [0.05, 0.1) is 18.6 Å². The highest BCUT2D eigenvalue weighted by Gasteiger charge is 2.35. The summed E-state index contributed by atoms with van der Waals surface area (Å²) in [6.45, 7) is 8.62. The predicted molar refractivity (Wildman–Crippen MR) is 82.2 cm³/mol. The molecule has 1 aromatic rings. The van der Waals surface area contributed by atoms with E-state index in [9.17, 15) is 4.79 Å². The maximum atomic E-state index is 10.8. The number of carboxylic acid groups (broad SMARTS) is 1. The number of aliphatic carboxylic acids is 1. The third-order valence-electron chi connectivity index (χ3n) is 3.96. The van der Waals surface area contributed by atoms with Gasteiger partial charge in [0.1, 0.15) is 0 Å². The van der Waals surface area contributed by atoms with Crippen molar-refractivity contribution in [3.63, 3.8) is 0 Å². The molecule has 4 nitrogen and oxygen atoms in total. The summed E-state index contributed by atoms with van der Waals surface area (Å²) in [6, 6.07) is 10.2. The highest BCUT2D eigenvalue weighted by Crippen LogP contribution is 2.33. The van der Waals surface area contributed by atoms with Gasteiger partial charge >= 0.3 is 5.97 Å². The topological polar surface area (TPSA) is 49.8 Å². The Labute approximate surface area is 126 Å². The first-order chi connectivity index (χ1) is 9.86. The van der Waals surface area contributed by atoms with Crippen LogP contribution in [0.1, 0.15) is 38.9 Å². The van der Waals surface area contributed by atoms with Gasteiger partial charge < -0.3 is 9.84 Å². The van der Waals surface area contributed by atoms with E-state index in [2.05, 4.69) is 37.8 Å². The van der Waals surface area contributed by atoms with Gasteiger partial charge in [0.25, 0.3) is 0 Å². The average Bonchev–Trinajstić information content (AvgIpc) is 2.45. The molecule has 0 saturated carbocycles. The first-order valence-corrected chi connectivity index (χ1v) is 7.51. The van der Waals surface area contributed by atoms with Crippen LogP contribution < -0.4 is 0 Å². The Kier molecular flexibility index (Phi) is 5.01. The first kappa shape index (κ1) is 16.0. The lowest BCUT2D eigenvalue weighted by Gasteiger charge is -2.43. The van der Waals surface area contributed by atoms with Gasteiger partial charge in [-0.1, -0.05) is 51.1 Å². The quantitative estimate of drug-likeness (QED) is 0.926. The van der Waals surface area contributed by atoms with E-state index < -0.39 is 5.97 Å². The van der Waals surface area contributed by atoms with E-state index in [1.165, 1.54) is 0 Å². The summed E-state index contributed by atoms with van der Waals surface area (Å²) in [5.41, 5.74) is 1.20. The van der Waals surface area contributed by atoms with Crippen LogP contribution in [0.3, 0.4) is 0 Å². The van der Waals surface area contributed by atoms with Gasteiger partial charge in [-0.05, 0) is 11.0 Å². The van der Waals surface area contributed by atoms with Crippen molar-refractivity contribution in [2.75, 3.05) is 19.6 Å². The smallest absolute Gasteiger partial charge is 0.304 e. The van der Waals surface area contributed by atoms with Crippen molar-refractivity contribution in [3.05, 3.63) is 35.9 Å². The van der Waals surface area contributed by atoms with Crippen LogP contribution in [0.25, 0.3) is 0 Å². The number of hydrogen-bond donors (Lipinski definition) is 1. The Morgan fingerprint density at radius 3 is 2.52 bits per heavy atom. The molecule has 1 fully saturated rings. The van der Waals surface area contributed by atoms with Gasteiger partial charge in [-0.15, -0.1) is 0 Å². The Balaban J connectivity index is 2.12. The predicted octanol–water partition coefficient (Wildman–Crippen LogP) is 2.95. The van der Waals surface area contributed by atoms with E-state index in [4.69, 9.17) is 9.84 Å². The monoisotopic (exact) mass is 291 g/mol. The van der Waals surface area contributed by atoms with E-state index in [0.29, 0.717) is 6.54 Å². The molecule has 1 aromatic carbocycles. The second-order valence-corrected chi connectivity index (χ2v) is 6.79. The number of ether oxygens (including phenoxy) is 1. The molecule has 0 aromatic heterocycles. The van der Waals surface area contributed by atoms with Gasteiger partial charge in [-0.3, -0.25) is 9.69 Å². The van der Waals surface area contributed by atoms with Crippen LogP contribution in [-0.2, 0) is 9.53 Å². The summed E-state index contributed by atoms with van der Waals surface area (Å²) >= 11 is 0. The van der Waals surface area contributed by atoms with Crippen LogP contribution in [0.15, 0.2) is 30.3 Å². The molecule has 21 heavy (non-hydrogen) atoms. The average molecular weight is 291 g/mol. The molecule has 4 heteroatoms. The largest absolute Gasteiger partial charge is 0.481 e. The van der Waals surface area contributed by atoms with Crippen LogP contribution in [0, 0.1) is 5.41 Å². The van der Waals surface area contributed by atoms with Gasteiger partial charge in [0.2, 0.25) is 0 Å². The zero-order chi connectivity index (χ0) is 15.5. The van der Waals surface area contributed by atoms with Crippen molar-refractivity contribution in [2.45, 2.75) is 39.4 Å². The summed E-state index contributed by atoms with van der Waals surface area (Å²) in [4.78, 5) is 13.0. The summed E-state index contributed by atoms with van der Waals surface area (Å²) in [7, 11) is 0. The molecule has 1 aliphatic heterocycles. The molecule has 0 radical (unpaired) electrons. The lowest BCUT2D eigenvalue weighted by molar-refractivity contribution is -0.142. The summed E-state index contributed by atoms with van der Waals surface area (Å²) in [5, 5.41) is 8.89. The van der Waals surface area contributed by atoms with Gasteiger partial charge in [-0.2, -0.15) is 0 Å². The van der Waals surface area contributed by atoms with E-state index in [-0.39, 0.29) is 24.0 Å². The van der Waals surface area contributed by atoms with E-state index in [0.717, 1.165) is 18.7 Å². The van der Waals surface area contributed by atoms with Crippen molar-refractivity contribution in [1.29, 1.82) is 0 Å². The fourth-order valence-electron chi connectivity index (χ4n) is 2.59. The molecule has 0 aliphatic carbocycles. The van der Waals surface area contributed by atoms with Crippen molar-refractivity contribution in [1.82, 2.24) is 4.90 Å². The number of carboxylic acids is 1. The molecule has 0 bridgehead atoms. The van der Waals surface area contributed by atoms with Crippen molar-refractivity contribution < 1.29 is 14.6 Å². The SMILES string of the molecule is CC(C)(C)[C@H]1CN(CCC(=O)O)C[C@@H](c2ccccc2)O1. The Hall–Kier alpha value is -1.39. The third kappa shape index (κ3) is 4.55. The number of nitrogens with zero attached hydrogens (tertiary/aromatic N) is 1. The highest BCUT2D eigenvalue weighted by atomic mass is 16.5. The summed E-state index contributed by atoms with van der Waals surface area (Å²) in [6.07, 6.45) is 0.293. The first-order valence-electron chi connectivity index (χ1n) is 7.51. The van der Waals surface area contributed by atoms with E-state index >= 15 is 0 Å². The summed E-state index contributed by atoms with van der Waals surface area (Å²) in [5.74, 6) is -0.745. The zero-order valence-corrected chi connectivity index (χ0v) is 13.1. The molecule has 116 valence electrons. The van der Waals surface area contributed by atoms with Crippen LogP contribution in [0.5, 0.6) is 0 Å². The van der Waals surface area contributed by atoms with Gasteiger partial charge in [0.15, 0.2) is 0 Å². The second-order valence-electron chi connectivity index (χ2n) is 6.79. The Morgan fingerprint density at radius 1 is 1.29 bits per heavy atom. The number of hydrogen-bond acceptors (Lipinski definition) is 3. The number of benzene rings is 1. The van der Waals surface area contributed by atoms with Crippen LogP contribution >= 0.6 is 0 Å². The van der Waals surface area contributed by atoms with Crippen LogP contribution in [0.2, 0.25) is 0 Å². The molecule has 1 heterocycles. The molecular formula is C17H25NO3. The molecule has 1 saturated heterocycles. The van der Waals surface area contributed by atoms with Crippen molar-refractivity contribution in [2.24, 2.45) is 5.41 Å². The minimum atomic E-state index is -0.745. The molecule has 0 spiro atoms. The van der Waals surface area contributed by atoms with Gasteiger partial charge in [-0.25, -0.2) is 0 Å². The molecular weight excluding hydrogens is 266 g/mol. The number of rotatable bonds is 4. The fourth-order valence-corrected chi connectivity index (χ4v) is 2.59. The Bertz CT molecular complexity index is 467. The number of morpholine rings is 1. The lowest BCUT2D eigenvalue weighted by atomic mass is 9.87. The van der Waals surface area contributed by atoms with E-state index in [1.54, 1.807) is 0 Å². The maximum absolute atomic E-state index is 10.8.